The van der Waals surface area contributed by atoms with Gasteiger partial charge in [-0.15, -0.1) is 0 Å². The van der Waals surface area contributed by atoms with Gasteiger partial charge in [-0.05, 0) is 44.7 Å². The van der Waals surface area contributed by atoms with Gasteiger partial charge in [0.2, 0.25) is 0 Å². The van der Waals surface area contributed by atoms with E-state index in [1.165, 1.54) is 57.8 Å². The maximum Gasteiger partial charge on any atom is 0.290 e. The second-order valence-electron chi connectivity index (χ2n) is 7.28. The number of nitrogens with zero attached hydrogens (tertiary/aromatic N) is 3. The van der Waals surface area contributed by atoms with Crippen LogP contribution in [0.3, 0.4) is 0 Å². The number of hydrazone groups is 1. The summed E-state index contributed by atoms with van der Waals surface area (Å²) in [5.74, 6) is -0.181. The Balaban J connectivity index is 1.67. The second kappa shape index (κ2) is 9.51. The van der Waals surface area contributed by atoms with Gasteiger partial charge in [0.1, 0.15) is 11.3 Å². The molecule has 2 aromatic rings. The number of hydrogen-bond donors (Lipinski definition) is 1. The number of carbonyl (C=O) groups excluding carboxylic acids is 1. The molecule has 2 aromatic heterocycles. The van der Waals surface area contributed by atoms with E-state index in [9.17, 15) is 4.79 Å². The third-order valence-electron chi connectivity index (χ3n) is 5.17. The third kappa shape index (κ3) is 4.93. The molecule has 3 rings (SSSR count). The molecule has 5 nitrogen and oxygen atoms in total. The fraction of sp³-hybridized carbons (Fsp3) is 0.571. The van der Waals surface area contributed by atoms with Gasteiger partial charge in [-0.1, -0.05) is 51.0 Å². The average Bonchev–Trinajstić information content (AvgIpc) is 2.97. The number of aromatic nitrogens is 2. The Labute approximate surface area is 155 Å². The molecule has 1 aliphatic carbocycles. The predicted molar refractivity (Wildman–Crippen MR) is 106 cm³/mol. The number of nitrogens with one attached hydrogen (secondary N) is 1. The van der Waals surface area contributed by atoms with Crippen molar-refractivity contribution in [2.24, 2.45) is 5.10 Å². The van der Waals surface area contributed by atoms with Crippen molar-refractivity contribution >= 4 is 17.3 Å². The lowest BCUT2D eigenvalue weighted by Gasteiger charge is -2.10. The van der Waals surface area contributed by atoms with Crippen molar-refractivity contribution in [2.75, 3.05) is 0 Å². The fourth-order valence-electron chi connectivity index (χ4n) is 3.70. The molecule has 0 spiro atoms. The minimum Gasteiger partial charge on any atom is -0.295 e. The first-order valence-corrected chi connectivity index (χ1v) is 10.0. The Morgan fingerprint density at radius 3 is 2.27 bits per heavy atom. The molecule has 1 saturated carbocycles. The Morgan fingerprint density at radius 1 is 1.00 bits per heavy atom. The Hall–Kier alpha value is -2.17. The molecule has 0 unspecified atom stereocenters. The summed E-state index contributed by atoms with van der Waals surface area (Å²) < 4.78 is 1.83. The molecular formula is C21H30N4O. The highest BCUT2D eigenvalue weighted by Crippen LogP contribution is 2.16. The molecule has 0 saturated heterocycles. The van der Waals surface area contributed by atoms with Crippen molar-refractivity contribution in [3.63, 3.8) is 0 Å². The Kier molecular flexibility index (Phi) is 6.81. The zero-order chi connectivity index (χ0) is 18.2. The van der Waals surface area contributed by atoms with E-state index in [0.717, 1.165) is 29.9 Å². The number of pyridine rings is 1. The molecule has 1 fully saturated rings. The minimum absolute atomic E-state index is 0.181. The molecule has 5 heteroatoms. The van der Waals surface area contributed by atoms with Gasteiger partial charge in [-0.3, -0.25) is 9.20 Å². The topological polar surface area (TPSA) is 58.8 Å². The summed E-state index contributed by atoms with van der Waals surface area (Å²) in [6, 6.07) is 5.74. The normalized spacial score (nSPS) is 17.3. The molecule has 0 atom stereocenters. The van der Waals surface area contributed by atoms with Crippen LogP contribution in [0.2, 0.25) is 0 Å². The highest BCUT2D eigenvalue weighted by molar-refractivity contribution is 5.95. The first kappa shape index (κ1) is 18.6. The number of fused-ring (bicyclic) bond motifs is 1. The molecule has 1 amide bonds. The molecule has 140 valence electrons. The van der Waals surface area contributed by atoms with E-state index in [-0.39, 0.29) is 5.91 Å². The van der Waals surface area contributed by atoms with Gasteiger partial charge < -0.3 is 0 Å². The standard InChI is InChI=1S/C21H30N4O/c1-17-20(25-16-12-11-15-19(25)22-17)21(26)24-23-18-13-9-7-5-3-2-4-6-8-10-14-18/h11-12,15-16H,2-10,13-14H2,1H3,(H,24,26). The molecule has 1 aliphatic rings. The summed E-state index contributed by atoms with van der Waals surface area (Å²) in [5.41, 5.74) is 6.00. The van der Waals surface area contributed by atoms with Crippen LogP contribution in [0.25, 0.3) is 5.65 Å². The van der Waals surface area contributed by atoms with E-state index in [1.54, 1.807) is 0 Å². The van der Waals surface area contributed by atoms with E-state index in [1.807, 2.05) is 35.7 Å². The van der Waals surface area contributed by atoms with Gasteiger partial charge in [0.25, 0.3) is 5.91 Å². The molecule has 1 N–H and O–H groups in total. The highest BCUT2D eigenvalue weighted by atomic mass is 16.2. The van der Waals surface area contributed by atoms with E-state index in [2.05, 4.69) is 15.5 Å². The van der Waals surface area contributed by atoms with Crippen LogP contribution >= 0.6 is 0 Å². The number of rotatable bonds is 2. The van der Waals surface area contributed by atoms with Crippen molar-refractivity contribution in [1.82, 2.24) is 14.8 Å². The zero-order valence-electron chi connectivity index (χ0n) is 15.8. The fourth-order valence-corrected chi connectivity index (χ4v) is 3.70. The molecule has 2 heterocycles. The quantitative estimate of drug-likeness (QED) is 0.769. The van der Waals surface area contributed by atoms with Crippen molar-refractivity contribution < 1.29 is 4.79 Å². The van der Waals surface area contributed by atoms with Gasteiger partial charge >= 0.3 is 0 Å². The Bertz CT molecular complexity index is 748. The first-order valence-electron chi connectivity index (χ1n) is 10.0. The molecule has 0 aromatic carbocycles. The van der Waals surface area contributed by atoms with Crippen LogP contribution in [0, 0.1) is 6.92 Å². The first-order chi connectivity index (χ1) is 12.8. The predicted octanol–water partition coefficient (Wildman–Crippen LogP) is 5.03. The lowest BCUT2D eigenvalue weighted by atomic mass is 10.00. The molecule has 26 heavy (non-hydrogen) atoms. The average molecular weight is 354 g/mol. The number of imidazole rings is 1. The van der Waals surface area contributed by atoms with E-state index in [0.29, 0.717) is 5.69 Å². The summed E-state index contributed by atoms with van der Waals surface area (Å²) in [5, 5.41) is 4.49. The van der Waals surface area contributed by atoms with Gasteiger partial charge in [0.15, 0.2) is 0 Å². The van der Waals surface area contributed by atoms with Crippen molar-refractivity contribution in [1.29, 1.82) is 0 Å². The number of amides is 1. The van der Waals surface area contributed by atoms with Crippen LogP contribution in [-0.4, -0.2) is 21.0 Å². The lowest BCUT2D eigenvalue weighted by molar-refractivity contribution is 0.0948. The molecule has 0 radical (unpaired) electrons. The van der Waals surface area contributed by atoms with Crippen LogP contribution in [0.15, 0.2) is 29.5 Å². The zero-order valence-corrected chi connectivity index (χ0v) is 15.8. The molecule has 0 bridgehead atoms. The minimum atomic E-state index is -0.181. The maximum absolute atomic E-state index is 12.7. The monoisotopic (exact) mass is 354 g/mol. The van der Waals surface area contributed by atoms with E-state index >= 15 is 0 Å². The van der Waals surface area contributed by atoms with Crippen LogP contribution in [0.4, 0.5) is 0 Å². The van der Waals surface area contributed by atoms with Crippen molar-refractivity contribution in [2.45, 2.75) is 77.6 Å². The third-order valence-corrected chi connectivity index (χ3v) is 5.17. The largest absolute Gasteiger partial charge is 0.295 e. The van der Waals surface area contributed by atoms with Gasteiger partial charge in [-0.2, -0.15) is 5.10 Å². The molecular weight excluding hydrogens is 324 g/mol. The summed E-state index contributed by atoms with van der Waals surface area (Å²) in [4.78, 5) is 17.1. The summed E-state index contributed by atoms with van der Waals surface area (Å²) in [7, 11) is 0. The molecule has 0 aliphatic heterocycles. The second-order valence-corrected chi connectivity index (χ2v) is 7.28. The van der Waals surface area contributed by atoms with Crippen LogP contribution < -0.4 is 5.43 Å². The number of hydrogen-bond acceptors (Lipinski definition) is 3. The van der Waals surface area contributed by atoms with Crippen LogP contribution in [0.5, 0.6) is 0 Å². The number of carbonyl (C=O) groups is 1. The van der Waals surface area contributed by atoms with Gasteiger partial charge in [0, 0.05) is 11.9 Å². The Morgan fingerprint density at radius 2 is 1.62 bits per heavy atom. The van der Waals surface area contributed by atoms with Gasteiger partial charge in [-0.25, -0.2) is 10.4 Å². The SMILES string of the molecule is Cc1nc2ccccn2c1C(=O)NN=C1CCCCCCCCCCC1. The van der Waals surface area contributed by atoms with Crippen molar-refractivity contribution in [3.8, 4) is 0 Å². The summed E-state index contributed by atoms with van der Waals surface area (Å²) >= 11 is 0. The lowest BCUT2D eigenvalue weighted by Crippen LogP contribution is -2.22. The highest BCUT2D eigenvalue weighted by Gasteiger charge is 2.16. The van der Waals surface area contributed by atoms with Crippen molar-refractivity contribution in [3.05, 3.63) is 35.8 Å². The van der Waals surface area contributed by atoms with Gasteiger partial charge in [0.05, 0.1) is 5.69 Å². The smallest absolute Gasteiger partial charge is 0.290 e. The van der Waals surface area contributed by atoms with Crippen LogP contribution in [0.1, 0.15) is 86.8 Å². The summed E-state index contributed by atoms with van der Waals surface area (Å²) in [6.45, 7) is 1.87. The number of aryl methyl sites for hydroxylation is 1. The van der Waals surface area contributed by atoms with E-state index < -0.39 is 0 Å². The van der Waals surface area contributed by atoms with E-state index in [4.69, 9.17) is 0 Å². The van der Waals surface area contributed by atoms with Crippen LogP contribution in [-0.2, 0) is 0 Å². The summed E-state index contributed by atoms with van der Waals surface area (Å²) in [6.07, 6.45) is 15.5. The maximum atomic E-state index is 12.7.